The first-order valence-corrected chi connectivity index (χ1v) is 7.50. The van der Waals surface area contributed by atoms with Gasteiger partial charge in [0.05, 0.1) is 5.69 Å². The van der Waals surface area contributed by atoms with Crippen molar-refractivity contribution >= 4 is 38.9 Å². The molecule has 0 aliphatic carbocycles. The minimum Gasteiger partial charge on any atom is -0.338 e. The summed E-state index contributed by atoms with van der Waals surface area (Å²) in [6.07, 6.45) is 0. The van der Waals surface area contributed by atoms with Crippen molar-refractivity contribution in [2.24, 2.45) is 0 Å². The summed E-state index contributed by atoms with van der Waals surface area (Å²) in [6, 6.07) is 18.1. The fraction of sp³-hybridized carbons (Fsp3) is 0.133. The van der Waals surface area contributed by atoms with Crippen LogP contribution in [0.4, 0.5) is 5.69 Å². The van der Waals surface area contributed by atoms with E-state index in [1.54, 1.807) is 0 Å². The molecule has 2 N–H and O–H groups in total. The molecule has 5 heteroatoms. The molecule has 0 unspecified atom stereocenters. The Morgan fingerprint density at radius 2 is 1.70 bits per heavy atom. The predicted octanol–water partition coefficient (Wildman–Crippen LogP) is 3.52. The van der Waals surface area contributed by atoms with Crippen molar-refractivity contribution in [3.8, 4) is 0 Å². The Bertz CT molecular complexity index is 647. The van der Waals surface area contributed by atoms with Gasteiger partial charge in [0.1, 0.15) is 5.66 Å². The third-order valence-electron chi connectivity index (χ3n) is 3.32. The third kappa shape index (κ3) is 2.32. The zero-order valence-electron chi connectivity index (χ0n) is 10.9. The van der Waals surface area contributed by atoms with Gasteiger partial charge in [-0.05, 0) is 37.3 Å². The van der Waals surface area contributed by atoms with Crippen LogP contribution in [-0.2, 0) is 5.66 Å². The molecule has 2 aromatic rings. The molecule has 1 aliphatic rings. The van der Waals surface area contributed by atoms with Gasteiger partial charge in [0, 0.05) is 10.0 Å². The van der Waals surface area contributed by atoms with Gasteiger partial charge in [0.25, 0.3) is 0 Å². The molecule has 3 rings (SSSR count). The number of para-hydroxylation sites is 1. The van der Waals surface area contributed by atoms with Crippen molar-refractivity contribution < 1.29 is 0 Å². The van der Waals surface area contributed by atoms with E-state index in [9.17, 15) is 0 Å². The van der Waals surface area contributed by atoms with E-state index in [0.717, 1.165) is 15.7 Å². The summed E-state index contributed by atoms with van der Waals surface area (Å²) in [4.78, 5) is 0. The quantitative estimate of drug-likeness (QED) is 0.812. The summed E-state index contributed by atoms with van der Waals surface area (Å²) in [5.41, 5.74) is 5.13. The van der Waals surface area contributed by atoms with Crippen LogP contribution < -0.4 is 15.8 Å². The molecule has 0 saturated carbocycles. The maximum atomic E-state index is 5.45. The number of hydrazine groups is 1. The van der Waals surface area contributed by atoms with Crippen molar-refractivity contribution in [3.05, 3.63) is 64.6 Å². The molecule has 102 valence electrons. The van der Waals surface area contributed by atoms with Crippen molar-refractivity contribution in [2.45, 2.75) is 12.6 Å². The van der Waals surface area contributed by atoms with Gasteiger partial charge >= 0.3 is 0 Å². The van der Waals surface area contributed by atoms with Crippen molar-refractivity contribution in [3.63, 3.8) is 0 Å². The van der Waals surface area contributed by atoms with Crippen LogP contribution in [0.25, 0.3) is 0 Å². The lowest BCUT2D eigenvalue weighted by molar-refractivity contribution is 0.388. The van der Waals surface area contributed by atoms with Gasteiger partial charge in [-0.1, -0.05) is 52.3 Å². The second kappa shape index (κ2) is 5.16. The van der Waals surface area contributed by atoms with Crippen LogP contribution in [0.5, 0.6) is 0 Å². The maximum Gasteiger partial charge on any atom is 0.190 e. The zero-order chi connectivity index (χ0) is 14.2. The van der Waals surface area contributed by atoms with E-state index in [-0.39, 0.29) is 0 Å². The van der Waals surface area contributed by atoms with Crippen LogP contribution in [0.1, 0.15) is 12.5 Å². The van der Waals surface area contributed by atoms with E-state index in [0.29, 0.717) is 5.11 Å². The van der Waals surface area contributed by atoms with E-state index in [4.69, 9.17) is 12.2 Å². The molecule has 1 atom stereocenters. The highest BCUT2D eigenvalue weighted by Gasteiger charge is 2.39. The number of benzene rings is 2. The smallest absolute Gasteiger partial charge is 0.190 e. The summed E-state index contributed by atoms with van der Waals surface area (Å²) in [5.74, 6) is 0. The highest BCUT2D eigenvalue weighted by atomic mass is 79.9. The predicted molar refractivity (Wildman–Crippen MR) is 89.3 cm³/mol. The van der Waals surface area contributed by atoms with E-state index in [2.05, 4.69) is 39.7 Å². The number of nitrogens with zero attached hydrogens (tertiary/aromatic N) is 1. The third-order valence-corrected chi connectivity index (χ3v) is 4.30. The Hall–Kier alpha value is -1.43. The fourth-order valence-electron chi connectivity index (χ4n) is 2.33. The first kappa shape index (κ1) is 13.5. The molecule has 3 nitrogen and oxygen atoms in total. The molecule has 1 saturated heterocycles. The van der Waals surface area contributed by atoms with Gasteiger partial charge in [0.2, 0.25) is 0 Å². The number of hydrogen-bond donors (Lipinski definition) is 2. The largest absolute Gasteiger partial charge is 0.338 e. The molecule has 0 aromatic heterocycles. The van der Waals surface area contributed by atoms with Crippen molar-refractivity contribution in [1.29, 1.82) is 0 Å². The Kier molecular flexibility index (Phi) is 3.50. The second-order valence-electron chi connectivity index (χ2n) is 4.82. The molecule has 0 radical (unpaired) electrons. The van der Waals surface area contributed by atoms with Gasteiger partial charge in [-0.3, -0.25) is 0 Å². The molecule has 1 heterocycles. The van der Waals surface area contributed by atoms with E-state index in [1.807, 2.05) is 53.5 Å². The Morgan fingerprint density at radius 1 is 1.05 bits per heavy atom. The molecular weight excluding hydrogens is 334 g/mol. The molecule has 0 bridgehead atoms. The Morgan fingerprint density at radius 3 is 2.40 bits per heavy atom. The summed E-state index contributed by atoms with van der Waals surface area (Å²) in [5, 5.41) is 5.91. The number of hydrogen-bond acceptors (Lipinski definition) is 2. The van der Waals surface area contributed by atoms with Crippen LogP contribution in [-0.4, -0.2) is 5.11 Å². The lowest BCUT2D eigenvalue weighted by Gasteiger charge is -2.27. The van der Waals surface area contributed by atoms with E-state index >= 15 is 0 Å². The molecule has 1 fully saturated rings. The topological polar surface area (TPSA) is 27.3 Å². The van der Waals surface area contributed by atoms with E-state index in [1.165, 1.54) is 0 Å². The minimum absolute atomic E-state index is 0.437. The summed E-state index contributed by atoms with van der Waals surface area (Å²) >= 11 is 9.05. The summed E-state index contributed by atoms with van der Waals surface area (Å²) in [6.45, 7) is 2.07. The second-order valence-corrected chi connectivity index (χ2v) is 6.06. The van der Waals surface area contributed by atoms with Gasteiger partial charge in [-0.25, -0.2) is 5.01 Å². The first-order valence-electron chi connectivity index (χ1n) is 6.30. The monoisotopic (exact) mass is 347 g/mol. The summed E-state index contributed by atoms with van der Waals surface area (Å²) < 4.78 is 1.04. The van der Waals surface area contributed by atoms with Crippen LogP contribution in [0.2, 0.25) is 0 Å². The Labute approximate surface area is 132 Å². The number of thiocarbonyl (C=S) groups is 1. The van der Waals surface area contributed by atoms with Gasteiger partial charge in [-0.15, -0.1) is 0 Å². The minimum atomic E-state index is -0.437. The van der Waals surface area contributed by atoms with E-state index < -0.39 is 5.66 Å². The first-order chi connectivity index (χ1) is 9.60. The average Bonchev–Trinajstić information content (AvgIpc) is 2.76. The van der Waals surface area contributed by atoms with Crippen LogP contribution in [0.15, 0.2) is 59.1 Å². The van der Waals surface area contributed by atoms with Gasteiger partial charge in [0.15, 0.2) is 5.11 Å². The summed E-state index contributed by atoms with van der Waals surface area (Å²) in [7, 11) is 0. The standard InChI is InChI=1S/C15H14BrN3S/c1-15(12-9-5-6-10-13(12)16)17-14(20)19(18-15)11-7-3-2-4-8-11/h2-10,18H,1H3,(H,17,20)/t15-/m1/s1. The normalized spacial score (nSPS) is 21.9. The molecule has 20 heavy (non-hydrogen) atoms. The molecule has 0 amide bonds. The molecule has 2 aromatic carbocycles. The van der Waals surface area contributed by atoms with Crippen LogP contribution >= 0.6 is 28.1 Å². The number of anilines is 1. The molecule has 0 spiro atoms. The molecular formula is C15H14BrN3S. The highest BCUT2D eigenvalue weighted by molar-refractivity contribution is 9.10. The van der Waals surface area contributed by atoms with Gasteiger partial charge in [-0.2, -0.15) is 5.43 Å². The maximum absolute atomic E-state index is 5.45. The SMILES string of the molecule is C[C@@]1(c2ccccc2Br)NC(=S)N(c2ccccc2)N1. The lowest BCUT2D eigenvalue weighted by Crippen LogP contribution is -2.46. The number of halogens is 1. The number of rotatable bonds is 2. The fourth-order valence-corrected chi connectivity index (χ4v) is 3.36. The Balaban J connectivity index is 1.96. The molecule has 1 aliphatic heterocycles. The number of nitrogens with one attached hydrogen (secondary N) is 2. The lowest BCUT2D eigenvalue weighted by atomic mass is 10.0. The average molecular weight is 348 g/mol. The zero-order valence-corrected chi connectivity index (χ0v) is 13.3. The van der Waals surface area contributed by atoms with Crippen molar-refractivity contribution in [2.75, 3.05) is 5.01 Å². The van der Waals surface area contributed by atoms with Crippen LogP contribution in [0.3, 0.4) is 0 Å². The van der Waals surface area contributed by atoms with Crippen LogP contribution in [0, 0.1) is 0 Å². The highest BCUT2D eigenvalue weighted by Crippen LogP contribution is 2.30. The van der Waals surface area contributed by atoms with Gasteiger partial charge < -0.3 is 5.32 Å². The van der Waals surface area contributed by atoms with Crippen molar-refractivity contribution in [1.82, 2.24) is 10.7 Å².